The normalized spacial score (nSPS) is 19.1. The van der Waals surface area contributed by atoms with E-state index in [4.69, 9.17) is 16.3 Å². The maximum Gasteiger partial charge on any atom is 0.235 e. The number of morpholine rings is 1. The second-order valence-corrected chi connectivity index (χ2v) is 7.83. The van der Waals surface area contributed by atoms with Crippen molar-refractivity contribution in [2.45, 2.75) is 31.1 Å². The Labute approximate surface area is 165 Å². The number of hydrogen-bond donors (Lipinski definition) is 1. The van der Waals surface area contributed by atoms with E-state index in [2.05, 4.69) is 22.3 Å². The summed E-state index contributed by atoms with van der Waals surface area (Å²) in [5.41, 5.74) is 2.63. The van der Waals surface area contributed by atoms with Crippen molar-refractivity contribution >= 4 is 28.9 Å². The minimum atomic E-state index is -0.451. The number of anilines is 2. The number of carbonyl (C=O) groups is 1. The lowest BCUT2D eigenvalue weighted by molar-refractivity contribution is -0.121. The maximum atomic E-state index is 13.2. The van der Waals surface area contributed by atoms with Crippen molar-refractivity contribution in [3.63, 3.8) is 0 Å². The molecule has 27 heavy (non-hydrogen) atoms. The first-order valence-electron chi connectivity index (χ1n) is 9.68. The summed E-state index contributed by atoms with van der Waals surface area (Å²) in [4.78, 5) is 15.5. The molecule has 2 aromatic carbocycles. The Bertz CT molecular complexity index is 777. The number of amides is 1. The summed E-state index contributed by atoms with van der Waals surface area (Å²) in [6.07, 6.45) is 3.91. The van der Waals surface area contributed by atoms with Gasteiger partial charge in [-0.2, -0.15) is 0 Å². The third-order valence-electron chi connectivity index (χ3n) is 5.79. The second-order valence-electron chi connectivity index (χ2n) is 7.40. The van der Waals surface area contributed by atoms with Crippen molar-refractivity contribution in [2.24, 2.45) is 0 Å². The molecule has 4 nitrogen and oxygen atoms in total. The van der Waals surface area contributed by atoms with E-state index in [9.17, 15) is 4.79 Å². The first-order valence-corrected chi connectivity index (χ1v) is 10.1. The lowest BCUT2D eigenvalue weighted by Gasteiger charge is -2.30. The van der Waals surface area contributed by atoms with Gasteiger partial charge in [0.15, 0.2) is 0 Å². The van der Waals surface area contributed by atoms with Crippen LogP contribution in [0, 0.1) is 0 Å². The van der Waals surface area contributed by atoms with Crippen molar-refractivity contribution in [1.29, 1.82) is 0 Å². The monoisotopic (exact) mass is 384 g/mol. The molecule has 2 aromatic rings. The lowest BCUT2D eigenvalue weighted by atomic mass is 9.78. The number of nitrogens with zero attached hydrogens (tertiary/aromatic N) is 1. The molecule has 142 valence electrons. The van der Waals surface area contributed by atoms with Crippen LogP contribution in [0.3, 0.4) is 0 Å². The van der Waals surface area contributed by atoms with E-state index >= 15 is 0 Å². The van der Waals surface area contributed by atoms with Crippen LogP contribution in [0.1, 0.15) is 31.2 Å². The predicted molar refractivity (Wildman–Crippen MR) is 110 cm³/mol. The van der Waals surface area contributed by atoms with Crippen LogP contribution in [0.5, 0.6) is 0 Å². The number of ether oxygens (including phenoxy) is 1. The van der Waals surface area contributed by atoms with Gasteiger partial charge in [0.05, 0.1) is 18.6 Å². The summed E-state index contributed by atoms with van der Waals surface area (Å²) in [7, 11) is 0. The minimum absolute atomic E-state index is 0.0847. The van der Waals surface area contributed by atoms with Crippen molar-refractivity contribution in [1.82, 2.24) is 0 Å². The molecule has 1 heterocycles. The molecule has 1 aliphatic heterocycles. The van der Waals surface area contributed by atoms with E-state index in [0.29, 0.717) is 5.02 Å². The smallest absolute Gasteiger partial charge is 0.235 e. The summed E-state index contributed by atoms with van der Waals surface area (Å²) >= 11 is 6.04. The fourth-order valence-corrected chi connectivity index (χ4v) is 4.35. The van der Waals surface area contributed by atoms with E-state index < -0.39 is 5.41 Å². The van der Waals surface area contributed by atoms with Crippen LogP contribution in [0.25, 0.3) is 0 Å². The van der Waals surface area contributed by atoms with E-state index in [1.807, 2.05) is 36.4 Å². The van der Waals surface area contributed by atoms with Gasteiger partial charge in [0.25, 0.3) is 0 Å². The summed E-state index contributed by atoms with van der Waals surface area (Å²) in [5, 5.41) is 3.85. The SMILES string of the molecule is O=C(Nc1ccc(N2CCOCC2)cc1)C1(c2ccc(Cl)cc2)CCCC1. The van der Waals surface area contributed by atoms with Gasteiger partial charge >= 0.3 is 0 Å². The van der Waals surface area contributed by atoms with Crippen LogP contribution < -0.4 is 10.2 Å². The molecular weight excluding hydrogens is 360 g/mol. The van der Waals surface area contributed by atoms with Crippen LogP contribution >= 0.6 is 11.6 Å². The Kier molecular flexibility index (Phi) is 5.37. The summed E-state index contributed by atoms with van der Waals surface area (Å²) < 4.78 is 5.41. The molecule has 0 bridgehead atoms. The van der Waals surface area contributed by atoms with Crippen molar-refractivity contribution < 1.29 is 9.53 Å². The van der Waals surface area contributed by atoms with E-state index in [1.165, 1.54) is 5.69 Å². The van der Waals surface area contributed by atoms with Crippen LogP contribution in [-0.4, -0.2) is 32.2 Å². The zero-order chi connectivity index (χ0) is 18.7. The first kappa shape index (κ1) is 18.3. The molecule has 0 spiro atoms. The molecule has 1 saturated carbocycles. The third kappa shape index (κ3) is 3.83. The van der Waals surface area contributed by atoms with E-state index in [0.717, 1.165) is 63.2 Å². The Morgan fingerprint density at radius 3 is 2.22 bits per heavy atom. The molecular formula is C22H25ClN2O2. The third-order valence-corrected chi connectivity index (χ3v) is 6.04. The van der Waals surface area contributed by atoms with Crippen molar-refractivity contribution in [3.8, 4) is 0 Å². The quantitative estimate of drug-likeness (QED) is 0.835. The standard InChI is InChI=1S/C22H25ClN2O2/c23-18-5-3-17(4-6-18)22(11-1-2-12-22)21(26)24-19-7-9-20(10-8-19)25-13-15-27-16-14-25/h3-10H,1-2,11-16H2,(H,24,26). The number of benzene rings is 2. The van der Waals surface area contributed by atoms with Crippen molar-refractivity contribution in [2.75, 3.05) is 36.5 Å². The first-order chi connectivity index (χ1) is 13.2. The Balaban J connectivity index is 1.50. The Morgan fingerprint density at radius 2 is 1.59 bits per heavy atom. The fraction of sp³-hybridized carbons (Fsp3) is 0.409. The lowest BCUT2D eigenvalue weighted by Crippen LogP contribution is -2.38. The largest absolute Gasteiger partial charge is 0.378 e. The van der Waals surface area contributed by atoms with Gasteiger partial charge in [-0.05, 0) is 54.8 Å². The highest BCUT2D eigenvalue weighted by molar-refractivity contribution is 6.30. The Morgan fingerprint density at radius 1 is 0.963 bits per heavy atom. The maximum absolute atomic E-state index is 13.2. The number of carbonyl (C=O) groups excluding carboxylic acids is 1. The van der Waals surface area contributed by atoms with Gasteiger partial charge in [-0.1, -0.05) is 36.6 Å². The highest BCUT2D eigenvalue weighted by atomic mass is 35.5. The Hall–Kier alpha value is -2.04. The molecule has 0 atom stereocenters. The zero-order valence-electron chi connectivity index (χ0n) is 15.4. The van der Waals surface area contributed by atoms with E-state index in [1.54, 1.807) is 0 Å². The van der Waals surface area contributed by atoms with Gasteiger partial charge < -0.3 is 15.0 Å². The average Bonchev–Trinajstić information content (AvgIpc) is 3.21. The molecule has 5 heteroatoms. The fourth-order valence-electron chi connectivity index (χ4n) is 4.22. The number of nitrogens with one attached hydrogen (secondary N) is 1. The van der Waals surface area contributed by atoms with Gasteiger partial charge in [-0.25, -0.2) is 0 Å². The highest BCUT2D eigenvalue weighted by Gasteiger charge is 2.42. The van der Waals surface area contributed by atoms with Crippen LogP contribution in [0.2, 0.25) is 5.02 Å². The second kappa shape index (κ2) is 7.91. The van der Waals surface area contributed by atoms with Crippen LogP contribution in [-0.2, 0) is 14.9 Å². The molecule has 0 aromatic heterocycles. The highest BCUT2D eigenvalue weighted by Crippen LogP contribution is 2.42. The van der Waals surface area contributed by atoms with Gasteiger partial charge in [-0.15, -0.1) is 0 Å². The van der Waals surface area contributed by atoms with Gasteiger partial charge in [-0.3, -0.25) is 4.79 Å². The molecule has 2 aliphatic rings. The van der Waals surface area contributed by atoms with E-state index in [-0.39, 0.29) is 5.91 Å². The molecule has 2 fully saturated rings. The van der Waals surface area contributed by atoms with Gasteiger partial charge in [0, 0.05) is 29.5 Å². The number of rotatable bonds is 4. The molecule has 1 amide bonds. The van der Waals surface area contributed by atoms with Gasteiger partial charge in [0.2, 0.25) is 5.91 Å². The minimum Gasteiger partial charge on any atom is -0.378 e. The topological polar surface area (TPSA) is 41.6 Å². The number of hydrogen-bond acceptors (Lipinski definition) is 3. The molecule has 1 aliphatic carbocycles. The molecule has 1 saturated heterocycles. The zero-order valence-corrected chi connectivity index (χ0v) is 16.2. The summed E-state index contributed by atoms with van der Waals surface area (Å²) in [6, 6.07) is 15.9. The van der Waals surface area contributed by atoms with Crippen molar-refractivity contribution in [3.05, 3.63) is 59.1 Å². The molecule has 0 radical (unpaired) electrons. The van der Waals surface area contributed by atoms with Crippen LogP contribution in [0.4, 0.5) is 11.4 Å². The summed E-state index contributed by atoms with van der Waals surface area (Å²) in [5.74, 6) is 0.0847. The number of halogens is 1. The summed E-state index contributed by atoms with van der Waals surface area (Å²) in [6.45, 7) is 3.35. The van der Waals surface area contributed by atoms with Gasteiger partial charge in [0.1, 0.15) is 0 Å². The van der Waals surface area contributed by atoms with Crippen LogP contribution in [0.15, 0.2) is 48.5 Å². The average molecular weight is 385 g/mol. The molecule has 1 N–H and O–H groups in total. The molecule has 0 unspecified atom stereocenters. The molecule has 4 rings (SSSR count). The predicted octanol–water partition coefficient (Wildman–Crippen LogP) is 4.63.